The van der Waals surface area contributed by atoms with Gasteiger partial charge in [0.05, 0.1) is 18.8 Å². The summed E-state index contributed by atoms with van der Waals surface area (Å²) < 4.78 is 13.6. The smallest absolute Gasteiger partial charge is 0.248 e. The first-order chi connectivity index (χ1) is 8.98. The van der Waals surface area contributed by atoms with Crippen molar-refractivity contribution in [3.8, 4) is 0 Å². The molecule has 1 aromatic carbocycles. The van der Waals surface area contributed by atoms with Gasteiger partial charge >= 0.3 is 0 Å². The molecule has 0 radical (unpaired) electrons. The third-order valence-corrected chi connectivity index (χ3v) is 3.27. The fourth-order valence-corrected chi connectivity index (χ4v) is 1.66. The quantitative estimate of drug-likeness (QED) is 0.567. The lowest BCUT2D eigenvalue weighted by atomic mass is 9.97. The summed E-state index contributed by atoms with van der Waals surface area (Å²) in [6.07, 6.45) is 0.483. The number of rotatable bonds is 7. The van der Waals surface area contributed by atoms with Crippen LogP contribution in [0.3, 0.4) is 0 Å². The van der Waals surface area contributed by atoms with Crippen LogP contribution in [0.2, 0.25) is 0 Å². The van der Waals surface area contributed by atoms with Crippen molar-refractivity contribution in [3.05, 3.63) is 35.1 Å². The molecule has 0 fully saturated rings. The summed E-state index contributed by atoms with van der Waals surface area (Å²) in [7, 11) is 0. The van der Waals surface area contributed by atoms with Crippen molar-refractivity contribution in [2.24, 2.45) is 5.73 Å². The van der Waals surface area contributed by atoms with Crippen LogP contribution in [0.4, 0.5) is 4.39 Å². The number of aliphatic hydroxyl groups is 2. The van der Waals surface area contributed by atoms with Crippen molar-refractivity contribution in [3.63, 3.8) is 0 Å². The van der Waals surface area contributed by atoms with Crippen LogP contribution in [0.25, 0.3) is 0 Å². The second kappa shape index (κ2) is 6.60. The van der Waals surface area contributed by atoms with Crippen LogP contribution in [0, 0.1) is 5.82 Å². The van der Waals surface area contributed by atoms with E-state index in [0.29, 0.717) is 6.42 Å². The summed E-state index contributed by atoms with van der Waals surface area (Å²) in [6.45, 7) is 1.35. The van der Waals surface area contributed by atoms with Gasteiger partial charge in [-0.15, -0.1) is 0 Å². The lowest BCUT2D eigenvalue weighted by Crippen LogP contribution is -2.50. The molecule has 0 heterocycles. The molecule has 0 unspecified atom stereocenters. The zero-order valence-corrected chi connectivity index (χ0v) is 10.8. The Labute approximate surface area is 111 Å². The number of carbonyl (C=O) groups is 1. The first kappa shape index (κ1) is 15.6. The third kappa shape index (κ3) is 3.73. The Morgan fingerprint density at radius 3 is 2.53 bits per heavy atom. The van der Waals surface area contributed by atoms with E-state index in [-0.39, 0.29) is 30.9 Å². The lowest BCUT2D eigenvalue weighted by Gasteiger charge is -2.30. The van der Waals surface area contributed by atoms with Crippen molar-refractivity contribution in [2.75, 3.05) is 13.2 Å². The van der Waals surface area contributed by atoms with Crippen molar-refractivity contribution >= 4 is 5.91 Å². The molecular weight excluding hydrogens is 251 g/mol. The first-order valence-electron chi connectivity index (χ1n) is 6.03. The summed E-state index contributed by atoms with van der Waals surface area (Å²) in [5, 5.41) is 21.5. The van der Waals surface area contributed by atoms with E-state index < -0.39 is 17.3 Å². The molecule has 6 heteroatoms. The van der Waals surface area contributed by atoms with E-state index in [9.17, 15) is 19.4 Å². The summed E-state index contributed by atoms with van der Waals surface area (Å²) in [5.74, 6) is -1.11. The monoisotopic (exact) mass is 270 g/mol. The molecule has 0 saturated heterocycles. The zero-order chi connectivity index (χ0) is 14.5. The van der Waals surface area contributed by atoms with Crippen LogP contribution in [0.15, 0.2) is 18.2 Å². The molecule has 1 amide bonds. The van der Waals surface area contributed by atoms with Gasteiger partial charge in [0.1, 0.15) is 5.82 Å². The number of primary amides is 1. The highest BCUT2D eigenvalue weighted by Gasteiger charge is 2.26. The summed E-state index contributed by atoms with van der Waals surface area (Å²) in [4.78, 5) is 11.0. The minimum atomic E-state index is -0.866. The molecule has 0 saturated carbocycles. The van der Waals surface area contributed by atoms with Gasteiger partial charge in [0.2, 0.25) is 5.91 Å². The highest BCUT2D eigenvalue weighted by Crippen LogP contribution is 2.14. The minimum absolute atomic E-state index is 0.0852. The van der Waals surface area contributed by atoms with E-state index in [1.807, 2.05) is 0 Å². The Balaban J connectivity index is 2.87. The van der Waals surface area contributed by atoms with Gasteiger partial charge in [0.15, 0.2) is 0 Å². The van der Waals surface area contributed by atoms with Crippen molar-refractivity contribution in [1.82, 2.24) is 5.32 Å². The fourth-order valence-electron chi connectivity index (χ4n) is 1.66. The summed E-state index contributed by atoms with van der Waals surface area (Å²) in [5.41, 5.74) is 4.74. The number of nitrogens with two attached hydrogens (primary N) is 1. The van der Waals surface area contributed by atoms with Crippen molar-refractivity contribution < 1.29 is 19.4 Å². The second-order valence-corrected chi connectivity index (χ2v) is 4.47. The Kier molecular flexibility index (Phi) is 5.41. The van der Waals surface area contributed by atoms with Gasteiger partial charge < -0.3 is 21.3 Å². The second-order valence-electron chi connectivity index (χ2n) is 4.47. The van der Waals surface area contributed by atoms with Crippen LogP contribution < -0.4 is 11.1 Å². The number of hydrogen-bond acceptors (Lipinski definition) is 4. The van der Waals surface area contributed by atoms with E-state index >= 15 is 0 Å². The summed E-state index contributed by atoms with van der Waals surface area (Å²) >= 11 is 0. The molecular formula is C13H19FN2O3. The minimum Gasteiger partial charge on any atom is -0.394 e. The molecule has 1 rings (SSSR count). The summed E-state index contributed by atoms with van der Waals surface area (Å²) in [6, 6.07) is 3.84. The molecule has 0 aliphatic carbocycles. The van der Waals surface area contributed by atoms with Gasteiger partial charge in [0.25, 0.3) is 0 Å². The predicted molar refractivity (Wildman–Crippen MR) is 69.0 cm³/mol. The average Bonchev–Trinajstić information content (AvgIpc) is 2.42. The number of aliphatic hydroxyl groups excluding tert-OH is 2. The molecule has 0 bridgehead atoms. The topological polar surface area (TPSA) is 95.6 Å². The largest absolute Gasteiger partial charge is 0.394 e. The molecule has 5 N–H and O–H groups in total. The van der Waals surface area contributed by atoms with Gasteiger partial charge in [0, 0.05) is 17.7 Å². The highest BCUT2D eigenvalue weighted by atomic mass is 19.1. The number of hydrogen-bond donors (Lipinski definition) is 4. The van der Waals surface area contributed by atoms with Gasteiger partial charge in [-0.25, -0.2) is 4.39 Å². The fraction of sp³-hybridized carbons (Fsp3) is 0.462. The van der Waals surface area contributed by atoms with Crippen LogP contribution in [0.5, 0.6) is 0 Å². The van der Waals surface area contributed by atoms with Crippen molar-refractivity contribution in [1.29, 1.82) is 0 Å². The number of carbonyl (C=O) groups excluding carboxylic acids is 1. The van der Waals surface area contributed by atoms with Crippen LogP contribution in [0.1, 0.15) is 29.3 Å². The van der Waals surface area contributed by atoms with Crippen LogP contribution >= 0.6 is 0 Å². The van der Waals surface area contributed by atoms with E-state index in [1.54, 1.807) is 6.92 Å². The third-order valence-electron chi connectivity index (χ3n) is 3.27. The normalized spacial score (nSPS) is 11.6. The average molecular weight is 270 g/mol. The molecule has 0 spiro atoms. The van der Waals surface area contributed by atoms with Gasteiger partial charge in [-0.3, -0.25) is 4.79 Å². The van der Waals surface area contributed by atoms with E-state index in [4.69, 9.17) is 5.73 Å². The maximum absolute atomic E-state index is 13.6. The SMILES string of the molecule is CCC(CO)(CO)NCc1cc(C(N)=O)ccc1F. The zero-order valence-electron chi connectivity index (χ0n) is 10.8. The number of amides is 1. The highest BCUT2D eigenvalue weighted by molar-refractivity contribution is 5.92. The molecule has 0 aromatic heterocycles. The molecule has 0 aliphatic heterocycles. The first-order valence-corrected chi connectivity index (χ1v) is 6.03. The van der Waals surface area contributed by atoms with E-state index in [0.717, 1.165) is 0 Å². The number of halogens is 1. The molecule has 5 nitrogen and oxygen atoms in total. The number of nitrogens with one attached hydrogen (secondary N) is 1. The Bertz CT molecular complexity index is 439. The van der Waals surface area contributed by atoms with E-state index in [2.05, 4.69) is 5.32 Å². The van der Waals surface area contributed by atoms with Gasteiger partial charge in [-0.05, 0) is 24.6 Å². The Morgan fingerprint density at radius 2 is 2.05 bits per heavy atom. The molecule has 106 valence electrons. The van der Waals surface area contributed by atoms with Gasteiger partial charge in [-0.2, -0.15) is 0 Å². The van der Waals surface area contributed by atoms with Gasteiger partial charge in [-0.1, -0.05) is 6.92 Å². The molecule has 0 aliphatic rings. The molecule has 19 heavy (non-hydrogen) atoms. The lowest BCUT2D eigenvalue weighted by molar-refractivity contribution is 0.0861. The number of benzene rings is 1. The standard InChI is InChI=1S/C13H19FN2O3/c1-2-13(7-17,8-18)16-6-10-5-9(12(15)19)3-4-11(10)14/h3-5,16-18H,2,6-8H2,1H3,(H2,15,19). The van der Waals surface area contributed by atoms with E-state index in [1.165, 1.54) is 18.2 Å². The Hall–Kier alpha value is -1.50. The van der Waals surface area contributed by atoms with Crippen LogP contribution in [-0.2, 0) is 6.54 Å². The van der Waals surface area contributed by atoms with Crippen molar-refractivity contribution in [2.45, 2.75) is 25.4 Å². The molecule has 0 atom stereocenters. The predicted octanol–water partition coefficient (Wildman–Crippen LogP) is 0.148. The Morgan fingerprint density at radius 1 is 1.42 bits per heavy atom. The van der Waals surface area contributed by atoms with Crippen LogP contribution in [-0.4, -0.2) is 34.9 Å². The maximum Gasteiger partial charge on any atom is 0.248 e. The maximum atomic E-state index is 13.6. The molecule has 1 aromatic rings.